The van der Waals surface area contributed by atoms with Gasteiger partial charge in [-0.2, -0.15) is 0 Å². The minimum Gasteiger partial charge on any atom is -0.343 e. The molecule has 114 valence electrons. The van der Waals surface area contributed by atoms with Gasteiger partial charge in [0, 0.05) is 5.02 Å². The van der Waals surface area contributed by atoms with Crippen LogP contribution in [0.25, 0.3) is 0 Å². The Morgan fingerprint density at radius 1 is 1.29 bits per heavy atom. The predicted molar refractivity (Wildman–Crippen MR) is 83.0 cm³/mol. The number of carbonyl (C=O) groups excluding carboxylic acids is 2. The van der Waals surface area contributed by atoms with Gasteiger partial charge in [0.05, 0.1) is 6.04 Å². The second-order valence-corrected chi connectivity index (χ2v) is 5.94. The SMILES string of the molecule is CCCC1NC(=O)C(C)N(C(C)c2ccc(Cl)cc2)C1=O. The van der Waals surface area contributed by atoms with E-state index >= 15 is 0 Å². The molecule has 0 radical (unpaired) electrons. The summed E-state index contributed by atoms with van der Waals surface area (Å²) in [7, 11) is 0. The number of halogens is 1. The Bertz CT molecular complexity index is 530. The Kier molecular flexibility index (Phi) is 4.88. The maximum absolute atomic E-state index is 12.6. The van der Waals surface area contributed by atoms with Crippen LogP contribution in [0.1, 0.15) is 45.2 Å². The van der Waals surface area contributed by atoms with E-state index < -0.39 is 12.1 Å². The van der Waals surface area contributed by atoms with Gasteiger partial charge in [0.2, 0.25) is 11.8 Å². The average Bonchev–Trinajstić information content (AvgIpc) is 2.46. The molecule has 1 saturated heterocycles. The Morgan fingerprint density at radius 2 is 1.90 bits per heavy atom. The Hall–Kier alpha value is -1.55. The predicted octanol–water partition coefficient (Wildman–Crippen LogP) is 2.92. The molecular weight excluding hydrogens is 288 g/mol. The van der Waals surface area contributed by atoms with E-state index in [2.05, 4.69) is 5.32 Å². The van der Waals surface area contributed by atoms with E-state index in [0.29, 0.717) is 11.4 Å². The average molecular weight is 309 g/mol. The van der Waals surface area contributed by atoms with Gasteiger partial charge in [0.25, 0.3) is 0 Å². The number of hydrogen-bond acceptors (Lipinski definition) is 2. The molecule has 1 aliphatic rings. The van der Waals surface area contributed by atoms with Crippen molar-refractivity contribution in [3.8, 4) is 0 Å². The molecule has 21 heavy (non-hydrogen) atoms. The summed E-state index contributed by atoms with van der Waals surface area (Å²) in [6.07, 6.45) is 1.52. The maximum Gasteiger partial charge on any atom is 0.246 e. The smallest absolute Gasteiger partial charge is 0.246 e. The Morgan fingerprint density at radius 3 is 2.48 bits per heavy atom. The van der Waals surface area contributed by atoms with Gasteiger partial charge < -0.3 is 10.2 Å². The minimum absolute atomic E-state index is 0.00796. The first-order chi connectivity index (χ1) is 9.95. The second kappa shape index (κ2) is 6.48. The number of nitrogens with one attached hydrogen (secondary N) is 1. The quantitative estimate of drug-likeness (QED) is 0.929. The summed E-state index contributed by atoms with van der Waals surface area (Å²) < 4.78 is 0. The lowest BCUT2D eigenvalue weighted by Gasteiger charge is -2.41. The fraction of sp³-hybridized carbons (Fsp3) is 0.500. The minimum atomic E-state index is -0.462. The summed E-state index contributed by atoms with van der Waals surface area (Å²) in [6, 6.07) is 6.37. The third-order valence-corrected chi connectivity index (χ3v) is 4.26. The molecule has 0 saturated carbocycles. The monoisotopic (exact) mass is 308 g/mol. The van der Waals surface area contributed by atoms with Gasteiger partial charge in [-0.3, -0.25) is 9.59 Å². The molecule has 4 nitrogen and oxygen atoms in total. The van der Waals surface area contributed by atoms with Gasteiger partial charge in [-0.15, -0.1) is 0 Å². The molecular formula is C16H21ClN2O2. The number of carbonyl (C=O) groups is 2. The second-order valence-electron chi connectivity index (χ2n) is 5.50. The lowest BCUT2D eigenvalue weighted by Crippen LogP contribution is -2.62. The molecule has 0 bridgehead atoms. The summed E-state index contributed by atoms with van der Waals surface area (Å²) in [5, 5.41) is 3.47. The van der Waals surface area contributed by atoms with Gasteiger partial charge in [0.15, 0.2) is 0 Å². The van der Waals surface area contributed by atoms with Crippen LogP contribution < -0.4 is 5.32 Å². The van der Waals surface area contributed by atoms with Crippen molar-refractivity contribution >= 4 is 23.4 Å². The number of amides is 2. The number of benzene rings is 1. The van der Waals surface area contributed by atoms with Crippen LogP contribution in [0.3, 0.4) is 0 Å². The van der Waals surface area contributed by atoms with E-state index in [1.54, 1.807) is 24.0 Å². The molecule has 1 aliphatic heterocycles. The van der Waals surface area contributed by atoms with Crippen molar-refractivity contribution in [2.75, 3.05) is 0 Å². The number of nitrogens with zero attached hydrogens (tertiary/aromatic N) is 1. The molecule has 2 rings (SSSR count). The zero-order valence-corrected chi connectivity index (χ0v) is 13.4. The summed E-state index contributed by atoms with van der Waals surface area (Å²) >= 11 is 5.90. The Labute approximate surface area is 130 Å². The summed E-state index contributed by atoms with van der Waals surface area (Å²) in [5.74, 6) is -0.0970. The molecule has 5 heteroatoms. The van der Waals surface area contributed by atoms with E-state index in [1.807, 2.05) is 26.0 Å². The molecule has 2 amide bonds. The van der Waals surface area contributed by atoms with Gasteiger partial charge in [-0.25, -0.2) is 0 Å². The van der Waals surface area contributed by atoms with Crippen LogP contribution in [0, 0.1) is 0 Å². The lowest BCUT2D eigenvalue weighted by atomic mass is 9.99. The number of rotatable bonds is 4. The standard InChI is InChI=1S/C16H21ClN2O2/c1-4-5-14-16(21)19(11(3)15(20)18-14)10(2)12-6-8-13(17)9-7-12/h6-11,14H,4-5H2,1-3H3,(H,18,20). The highest BCUT2D eigenvalue weighted by atomic mass is 35.5. The van der Waals surface area contributed by atoms with Gasteiger partial charge in [-0.1, -0.05) is 37.1 Å². The summed E-state index contributed by atoms with van der Waals surface area (Å²) in [4.78, 5) is 26.4. The van der Waals surface area contributed by atoms with Gasteiger partial charge in [0.1, 0.15) is 12.1 Å². The zero-order valence-electron chi connectivity index (χ0n) is 12.6. The van der Waals surface area contributed by atoms with Crippen LogP contribution in [0.5, 0.6) is 0 Å². The lowest BCUT2D eigenvalue weighted by molar-refractivity contribution is -0.151. The highest BCUT2D eigenvalue weighted by Gasteiger charge is 2.40. The number of piperazine rings is 1. The van der Waals surface area contributed by atoms with Crippen molar-refractivity contribution in [3.63, 3.8) is 0 Å². The van der Waals surface area contributed by atoms with Crippen molar-refractivity contribution in [1.82, 2.24) is 10.2 Å². The first kappa shape index (κ1) is 15.8. The third kappa shape index (κ3) is 3.21. The fourth-order valence-electron chi connectivity index (χ4n) is 2.76. The van der Waals surface area contributed by atoms with E-state index in [-0.39, 0.29) is 17.9 Å². The van der Waals surface area contributed by atoms with Crippen LogP contribution in [-0.2, 0) is 9.59 Å². The van der Waals surface area contributed by atoms with Crippen molar-refractivity contribution in [2.24, 2.45) is 0 Å². The molecule has 1 aromatic rings. The summed E-state index contributed by atoms with van der Waals surface area (Å²) in [6.45, 7) is 5.71. The van der Waals surface area contributed by atoms with Crippen LogP contribution in [0.2, 0.25) is 5.02 Å². The van der Waals surface area contributed by atoms with Crippen LogP contribution >= 0.6 is 11.6 Å². The van der Waals surface area contributed by atoms with Crippen LogP contribution in [0.4, 0.5) is 0 Å². The molecule has 0 aromatic heterocycles. The third-order valence-electron chi connectivity index (χ3n) is 4.01. The molecule has 1 heterocycles. The van der Waals surface area contributed by atoms with Crippen molar-refractivity contribution < 1.29 is 9.59 Å². The molecule has 1 aromatic carbocycles. The van der Waals surface area contributed by atoms with E-state index in [9.17, 15) is 9.59 Å². The maximum atomic E-state index is 12.6. The molecule has 3 atom stereocenters. The molecule has 0 aliphatic carbocycles. The molecule has 1 N–H and O–H groups in total. The zero-order chi connectivity index (χ0) is 15.6. The van der Waals surface area contributed by atoms with Crippen LogP contribution in [0.15, 0.2) is 24.3 Å². The number of hydrogen-bond donors (Lipinski definition) is 1. The normalized spacial score (nSPS) is 23.9. The van der Waals surface area contributed by atoms with Crippen molar-refractivity contribution in [3.05, 3.63) is 34.9 Å². The van der Waals surface area contributed by atoms with Crippen molar-refractivity contribution in [1.29, 1.82) is 0 Å². The first-order valence-corrected chi connectivity index (χ1v) is 7.71. The highest BCUT2D eigenvalue weighted by molar-refractivity contribution is 6.30. The highest BCUT2D eigenvalue weighted by Crippen LogP contribution is 2.27. The largest absolute Gasteiger partial charge is 0.343 e. The van der Waals surface area contributed by atoms with E-state index in [1.165, 1.54) is 0 Å². The Balaban J connectivity index is 2.27. The molecule has 3 unspecified atom stereocenters. The van der Waals surface area contributed by atoms with Gasteiger partial charge in [-0.05, 0) is 38.0 Å². The topological polar surface area (TPSA) is 49.4 Å². The van der Waals surface area contributed by atoms with Crippen LogP contribution in [-0.4, -0.2) is 28.8 Å². The summed E-state index contributed by atoms with van der Waals surface area (Å²) in [5.41, 5.74) is 0.976. The molecule has 0 spiro atoms. The van der Waals surface area contributed by atoms with Gasteiger partial charge >= 0.3 is 0 Å². The molecule has 1 fully saturated rings. The van der Waals surface area contributed by atoms with E-state index in [0.717, 1.165) is 12.0 Å². The van der Waals surface area contributed by atoms with E-state index in [4.69, 9.17) is 11.6 Å². The fourth-order valence-corrected chi connectivity index (χ4v) is 2.89. The first-order valence-electron chi connectivity index (χ1n) is 7.33. The van der Waals surface area contributed by atoms with Crippen molar-refractivity contribution in [2.45, 2.75) is 51.7 Å².